The third kappa shape index (κ3) is 9.72. The molecule has 0 radical (unpaired) electrons. The van der Waals surface area contributed by atoms with Crippen molar-refractivity contribution in [2.24, 2.45) is 5.41 Å². The van der Waals surface area contributed by atoms with Crippen molar-refractivity contribution in [2.45, 2.75) is 65.0 Å². The van der Waals surface area contributed by atoms with E-state index in [0.29, 0.717) is 0 Å². The van der Waals surface area contributed by atoms with Crippen LogP contribution in [0.25, 0.3) is 0 Å². The van der Waals surface area contributed by atoms with E-state index < -0.39 is 16.6 Å². The number of hydrogen-bond donors (Lipinski definition) is 0. The maximum atomic E-state index is 6.49. The molecule has 2 nitrogen and oxygen atoms in total. The second-order valence-corrected chi connectivity index (χ2v) is 18.2. The normalized spacial score (nSPS) is 16.1. The third-order valence-electron chi connectivity index (χ3n) is 4.81. The van der Waals surface area contributed by atoms with Gasteiger partial charge in [-0.1, -0.05) is 47.6 Å². The summed E-state index contributed by atoms with van der Waals surface area (Å²) >= 11 is 0. The van der Waals surface area contributed by atoms with Crippen LogP contribution in [-0.4, -0.2) is 29.8 Å². The van der Waals surface area contributed by atoms with Gasteiger partial charge in [-0.3, -0.25) is 0 Å². The van der Waals surface area contributed by atoms with Crippen LogP contribution in [-0.2, 0) is 35.1 Å². The van der Waals surface area contributed by atoms with Crippen LogP contribution in [0.15, 0.2) is 47.6 Å². The average Bonchev–Trinajstić information content (AvgIpc) is 3.18. The molecule has 0 aromatic heterocycles. The zero-order valence-electron chi connectivity index (χ0n) is 18.3. The molecule has 0 unspecified atom stereocenters. The van der Waals surface area contributed by atoms with E-state index in [4.69, 9.17) is 8.85 Å². The quantitative estimate of drug-likeness (QED) is 0.293. The van der Waals surface area contributed by atoms with Crippen molar-refractivity contribution in [3.63, 3.8) is 0 Å². The standard InChI is InChI=1S/C21H36O2Si2.2ClH.Zr/c1-24(2,3)22-17-11-16-21(18-23-25(4,5)6,19-12-7-8-13-19)20-14-9-10-15-20;;;/h7-10,12,14H,11,13,15-18H2,1-6H3;2*1H;/q;;;+2/p-2. The minimum atomic E-state index is -1.57. The van der Waals surface area contributed by atoms with Gasteiger partial charge in [0.25, 0.3) is 0 Å². The zero-order valence-corrected chi connectivity index (χ0v) is 24.2. The zero-order chi connectivity index (χ0) is 18.6. The molecule has 2 aliphatic carbocycles. The van der Waals surface area contributed by atoms with Crippen LogP contribution in [0, 0.1) is 5.41 Å². The van der Waals surface area contributed by atoms with Gasteiger partial charge < -0.3 is 33.7 Å². The maximum Gasteiger partial charge on any atom is 2.00 e. The second kappa shape index (κ2) is 13.2. The second-order valence-electron chi connectivity index (χ2n) is 9.20. The van der Waals surface area contributed by atoms with Gasteiger partial charge >= 0.3 is 26.2 Å². The van der Waals surface area contributed by atoms with Crippen LogP contribution in [0.1, 0.15) is 25.7 Å². The van der Waals surface area contributed by atoms with Crippen molar-refractivity contribution >= 4 is 16.6 Å². The molecule has 0 aromatic rings. The van der Waals surface area contributed by atoms with Gasteiger partial charge in [0.05, 0.1) is 0 Å². The first-order valence-corrected chi connectivity index (χ1v) is 16.4. The van der Waals surface area contributed by atoms with Gasteiger partial charge in [-0.15, -0.1) is 0 Å². The Balaban J connectivity index is 0. The van der Waals surface area contributed by atoms with Gasteiger partial charge in [0, 0.05) is 18.6 Å². The summed E-state index contributed by atoms with van der Waals surface area (Å²) in [6, 6.07) is 0. The van der Waals surface area contributed by atoms with E-state index in [1.807, 2.05) is 0 Å². The predicted molar refractivity (Wildman–Crippen MR) is 114 cm³/mol. The van der Waals surface area contributed by atoms with Crippen molar-refractivity contribution < 1.29 is 59.9 Å². The summed E-state index contributed by atoms with van der Waals surface area (Å²) in [7, 11) is -3.01. The van der Waals surface area contributed by atoms with Crippen molar-refractivity contribution in [2.75, 3.05) is 13.2 Å². The molecule has 0 saturated heterocycles. The Kier molecular flexibility index (Phi) is 14.6. The van der Waals surface area contributed by atoms with E-state index in [1.165, 1.54) is 11.1 Å². The molecule has 0 aromatic carbocycles. The first-order chi connectivity index (χ1) is 11.6. The van der Waals surface area contributed by atoms with Gasteiger partial charge in [0.15, 0.2) is 16.6 Å². The van der Waals surface area contributed by atoms with E-state index in [1.54, 1.807) is 0 Å². The Bertz CT molecular complexity index is 558. The average molecular weight is 539 g/mol. The van der Waals surface area contributed by atoms with Gasteiger partial charge in [-0.05, 0) is 65.0 Å². The summed E-state index contributed by atoms with van der Waals surface area (Å²) in [6.45, 7) is 15.3. The molecule has 0 N–H and O–H groups in total. The predicted octanol–water partition coefficient (Wildman–Crippen LogP) is 0.234. The topological polar surface area (TPSA) is 18.5 Å². The van der Waals surface area contributed by atoms with Gasteiger partial charge in [-0.2, -0.15) is 0 Å². The third-order valence-corrected chi connectivity index (χ3v) is 6.89. The van der Waals surface area contributed by atoms with Crippen LogP contribution in [0.4, 0.5) is 0 Å². The first-order valence-electron chi connectivity index (χ1n) is 9.63. The van der Waals surface area contributed by atoms with Crippen molar-refractivity contribution in [3.8, 4) is 0 Å². The molecule has 7 heteroatoms. The molecule has 0 heterocycles. The molecule has 158 valence electrons. The summed E-state index contributed by atoms with van der Waals surface area (Å²) in [4.78, 5) is 0. The molecule has 0 aliphatic heterocycles. The Morgan fingerprint density at radius 3 is 1.64 bits per heavy atom. The van der Waals surface area contributed by atoms with Crippen LogP contribution < -0.4 is 24.8 Å². The molecule has 0 bridgehead atoms. The molecule has 2 rings (SSSR count). The van der Waals surface area contributed by atoms with Crippen molar-refractivity contribution in [1.82, 2.24) is 0 Å². The van der Waals surface area contributed by atoms with E-state index in [2.05, 4.69) is 75.7 Å². The van der Waals surface area contributed by atoms with Crippen LogP contribution in [0.3, 0.4) is 0 Å². The van der Waals surface area contributed by atoms with Gasteiger partial charge in [-0.25, -0.2) is 0 Å². The minimum Gasteiger partial charge on any atom is -1.00 e. The molecule has 0 saturated carbocycles. The summed E-state index contributed by atoms with van der Waals surface area (Å²) in [5, 5.41) is 0. The largest absolute Gasteiger partial charge is 2.00 e. The molecular formula is C21H36Cl2O2Si2Zr. The fourth-order valence-corrected chi connectivity index (χ4v) is 4.92. The van der Waals surface area contributed by atoms with E-state index >= 15 is 0 Å². The summed E-state index contributed by atoms with van der Waals surface area (Å²) in [6.07, 6.45) is 17.9. The van der Waals surface area contributed by atoms with Crippen LogP contribution in [0.2, 0.25) is 39.3 Å². The Hall–Kier alpha value is 0.777. The maximum absolute atomic E-state index is 6.49. The smallest absolute Gasteiger partial charge is 1.00 e. The number of halogens is 2. The molecule has 0 amide bonds. The fraction of sp³-hybridized carbons (Fsp3) is 0.619. The monoisotopic (exact) mass is 536 g/mol. The Morgan fingerprint density at radius 1 is 0.821 bits per heavy atom. The summed E-state index contributed by atoms with van der Waals surface area (Å²) in [5.41, 5.74) is 3.08. The molecule has 0 fully saturated rings. The summed E-state index contributed by atoms with van der Waals surface area (Å²) < 4.78 is 12.6. The Labute approximate surface area is 206 Å². The molecule has 0 atom stereocenters. The molecule has 28 heavy (non-hydrogen) atoms. The molecule has 2 aliphatic rings. The molecular weight excluding hydrogens is 503 g/mol. The van der Waals surface area contributed by atoms with Crippen molar-refractivity contribution in [1.29, 1.82) is 0 Å². The number of allylic oxidation sites excluding steroid dienone is 6. The first kappa shape index (κ1) is 31.0. The minimum absolute atomic E-state index is 0. The Morgan fingerprint density at radius 2 is 1.29 bits per heavy atom. The van der Waals surface area contributed by atoms with Gasteiger partial charge in [0.1, 0.15) is 0 Å². The molecule has 0 spiro atoms. The summed E-state index contributed by atoms with van der Waals surface area (Å²) in [5.74, 6) is 0. The van der Waals surface area contributed by atoms with Gasteiger partial charge in [0.2, 0.25) is 0 Å². The van der Waals surface area contributed by atoms with E-state index in [-0.39, 0.29) is 56.4 Å². The fourth-order valence-electron chi connectivity index (χ4n) is 3.48. The van der Waals surface area contributed by atoms with Crippen LogP contribution >= 0.6 is 0 Å². The number of hydrogen-bond acceptors (Lipinski definition) is 2. The van der Waals surface area contributed by atoms with E-state index in [0.717, 1.165) is 38.9 Å². The van der Waals surface area contributed by atoms with Crippen LogP contribution in [0.5, 0.6) is 0 Å². The number of rotatable bonds is 10. The SMILES string of the molecule is C[Si](C)(C)OCCCC(CO[Si](C)(C)C)(C1=CC=CC1)C1=CC=CC1.[Cl-].[Cl-].[Zr+2]. The van der Waals surface area contributed by atoms with E-state index in [9.17, 15) is 0 Å². The van der Waals surface area contributed by atoms with Crippen molar-refractivity contribution in [3.05, 3.63) is 47.6 Å².